The summed E-state index contributed by atoms with van der Waals surface area (Å²) in [7, 11) is 0. The van der Waals surface area contributed by atoms with E-state index in [9.17, 15) is 0 Å². The quantitative estimate of drug-likeness (QED) is 0.705. The highest BCUT2D eigenvalue weighted by molar-refractivity contribution is 6.31. The summed E-state index contributed by atoms with van der Waals surface area (Å²) >= 11 is 6.30. The van der Waals surface area contributed by atoms with Crippen molar-refractivity contribution in [3.63, 3.8) is 0 Å². The second-order valence-corrected chi connectivity index (χ2v) is 7.71. The minimum Gasteiger partial charge on any atom is -0.307 e. The molecule has 0 spiro atoms. The van der Waals surface area contributed by atoms with E-state index in [-0.39, 0.29) is 0 Å². The molecule has 1 nitrogen and oxygen atoms in total. The molecule has 1 aliphatic carbocycles. The van der Waals surface area contributed by atoms with Gasteiger partial charge in [-0.05, 0) is 55.6 Å². The van der Waals surface area contributed by atoms with Crippen molar-refractivity contribution in [1.29, 1.82) is 0 Å². The zero-order chi connectivity index (χ0) is 15.5. The molecule has 2 rings (SSSR count). The van der Waals surface area contributed by atoms with E-state index < -0.39 is 0 Å². The van der Waals surface area contributed by atoms with Crippen molar-refractivity contribution in [1.82, 2.24) is 5.32 Å². The molecule has 0 bridgehead atoms. The number of halogens is 1. The molecule has 1 aromatic carbocycles. The van der Waals surface area contributed by atoms with Gasteiger partial charge in [-0.25, -0.2) is 0 Å². The first-order chi connectivity index (χ1) is 9.94. The maximum absolute atomic E-state index is 6.30. The Morgan fingerprint density at radius 1 is 1.19 bits per heavy atom. The highest BCUT2D eigenvalue weighted by atomic mass is 35.5. The number of hydrogen-bond donors (Lipinski definition) is 1. The van der Waals surface area contributed by atoms with E-state index in [2.05, 4.69) is 45.1 Å². The number of benzene rings is 1. The van der Waals surface area contributed by atoms with Gasteiger partial charge >= 0.3 is 0 Å². The Morgan fingerprint density at radius 2 is 1.81 bits per heavy atom. The van der Waals surface area contributed by atoms with Crippen LogP contribution in [0.3, 0.4) is 0 Å². The van der Waals surface area contributed by atoms with Crippen LogP contribution in [0.4, 0.5) is 0 Å². The van der Waals surface area contributed by atoms with Gasteiger partial charge in [0.15, 0.2) is 0 Å². The fourth-order valence-electron chi connectivity index (χ4n) is 3.60. The molecular formula is C19H30ClN. The average Bonchev–Trinajstić information content (AvgIpc) is 2.48. The molecule has 0 saturated heterocycles. The first kappa shape index (κ1) is 16.8. The highest BCUT2D eigenvalue weighted by Gasteiger charge is 2.32. The Morgan fingerprint density at radius 3 is 2.38 bits per heavy atom. The molecule has 1 N–H and O–H groups in total. The second kappa shape index (κ2) is 7.15. The lowest BCUT2D eigenvalue weighted by Crippen LogP contribution is -2.38. The third-order valence-corrected chi connectivity index (χ3v) is 5.95. The Hall–Kier alpha value is -0.530. The van der Waals surface area contributed by atoms with Crippen LogP contribution in [0.15, 0.2) is 24.3 Å². The van der Waals surface area contributed by atoms with Gasteiger partial charge in [-0.1, -0.05) is 57.0 Å². The molecule has 0 aromatic heterocycles. The Kier molecular flexibility index (Phi) is 5.73. The Labute approximate surface area is 135 Å². The van der Waals surface area contributed by atoms with Gasteiger partial charge in [0.2, 0.25) is 0 Å². The van der Waals surface area contributed by atoms with Gasteiger partial charge in [0.1, 0.15) is 0 Å². The predicted molar refractivity (Wildman–Crippen MR) is 92.8 cm³/mol. The minimum atomic E-state index is 0.333. The van der Waals surface area contributed by atoms with Crippen LogP contribution in [0, 0.1) is 11.3 Å². The van der Waals surface area contributed by atoms with Crippen LogP contribution in [-0.2, 0) is 0 Å². The lowest BCUT2D eigenvalue weighted by atomic mass is 9.69. The van der Waals surface area contributed by atoms with Gasteiger partial charge in [-0.15, -0.1) is 0 Å². The summed E-state index contributed by atoms with van der Waals surface area (Å²) in [6.45, 7) is 9.41. The normalized spacial score (nSPS) is 24.8. The summed E-state index contributed by atoms with van der Waals surface area (Å²) in [6, 6.07) is 9.15. The molecule has 0 heterocycles. The smallest absolute Gasteiger partial charge is 0.0453 e. The molecule has 1 saturated carbocycles. The van der Waals surface area contributed by atoms with Crippen molar-refractivity contribution < 1.29 is 0 Å². The van der Waals surface area contributed by atoms with Crippen molar-refractivity contribution in [2.45, 2.75) is 71.9 Å². The van der Waals surface area contributed by atoms with Gasteiger partial charge in [0, 0.05) is 17.1 Å². The van der Waals surface area contributed by atoms with Crippen LogP contribution >= 0.6 is 11.6 Å². The van der Waals surface area contributed by atoms with E-state index in [1.54, 1.807) is 0 Å². The van der Waals surface area contributed by atoms with Crippen molar-refractivity contribution in [3.05, 3.63) is 34.9 Å². The first-order valence-corrected chi connectivity index (χ1v) is 8.82. The summed E-state index contributed by atoms with van der Waals surface area (Å²) in [5, 5.41) is 4.65. The van der Waals surface area contributed by atoms with Gasteiger partial charge < -0.3 is 5.32 Å². The Balaban J connectivity index is 1.88. The van der Waals surface area contributed by atoms with Gasteiger partial charge in [0.25, 0.3) is 0 Å². The molecule has 0 aliphatic heterocycles. The maximum atomic E-state index is 6.30. The molecule has 0 radical (unpaired) electrons. The monoisotopic (exact) mass is 307 g/mol. The molecule has 1 aromatic rings. The van der Waals surface area contributed by atoms with Crippen LogP contribution in [0.2, 0.25) is 5.02 Å². The van der Waals surface area contributed by atoms with E-state index in [1.165, 1.54) is 37.7 Å². The summed E-state index contributed by atoms with van der Waals surface area (Å²) in [6.07, 6.45) is 6.58. The highest BCUT2D eigenvalue weighted by Crippen LogP contribution is 2.40. The zero-order valence-electron chi connectivity index (χ0n) is 14.0. The van der Waals surface area contributed by atoms with Crippen LogP contribution in [-0.4, -0.2) is 6.04 Å². The van der Waals surface area contributed by atoms with E-state index in [1.807, 2.05) is 12.1 Å². The number of nitrogens with one attached hydrogen (secondary N) is 1. The number of rotatable bonds is 5. The van der Waals surface area contributed by atoms with E-state index >= 15 is 0 Å². The van der Waals surface area contributed by atoms with Gasteiger partial charge in [-0.2, -0.15) is 0 Å². The summed E-state index contributed by atoms with van der Waals surface area (Å²) in [4.78, 5) is 0. The standard InChI is InChI=1S/C19H30ClN/c1-5-19(3,4)15-10-12-16(13-11-15)21-14(2)17-8-6-7-9-18(17)20/h6-9,14-16,21H,5,10-13H2,1-4H3. The SMILES string of the molecule is CCC(C)(C)C1CCC(NC(C)c2ccccc2Cl)CC1. The van der Waals surface area contributed by atoms with E-state index in [0.717, 1.165) is 10.9 Å². The van der Waals surface area contributed by atoms with Crippen LogP contribution < -0.4 is 5.32 Å². The van der Waals surface area contributed by atoms with Crippen LogP contribution in [0.1, 0.15) is 71.4 Å². The van der Waals surface area contributed by atoms with Crippen molar-refractivity contribution >= 4 is 11.6 Å². The van der Waals surface area contributed by atoms with Crippen LogP contribution in [0.25, 0.3) is 0 Å². The zero-order valence-corrected chi connectivity index (χ0v) is 14.7. The molecule has 1 atom stereocenters. The fourth-order valence-corrected chi connectivity index (χ4v) is 3.90. The summed E-state index contributed by atoms with van der Waals surface area (Å²) < 4.78 is 0. The molecule has 0 amide bonds. The van der Waals surface area contributed by atoms with Gasteiger partial charge in [0.05, 0.1) is 0 Å². The third kappa shape index (κ3) is 4.23. The van der Waals surface area contributed by atoms with Gasteiger partial charge in [-0.3, -0.25) is 0 Å². The summed E-state index contributed by atoms with van der Waals surface area (Å²) in [5.74, 6) is 0.885. The molecule has 2 heteroatoms. The lowest BCUT2D eigenvalue weighted by molar-refractivity contribution is 0.134. The molecular weight excluding hydrogens is 278 g/mol. The largest absolute Gasteiger partial charge is 0.307 e. The molecule has 1 fully saturated rings. The Bertz CT molecular complexity index is 447. The predicted octanol–water partition coefficient (Wildman–Crippen LogP) is 5.99. The molecule has 21 heavy (non-hydrogen) atoms. The average molecular weight is 308 g/mol. The first-order valence-electron chi connectivity index (χ1n) is 8.44. The maximum Gasteiger partial charge on any atom is 0.0453 e. The number of hydrogen-bond acceptors (Lipinski definition) is 1. The van der Waals surface area contributed by atoms with Crippen molar-refractivity contribution in [2.75, 3.05) is 0 Å². The summed E-state index contributed by atoms with van der Waals surface area (Å²) in [5.41, 5.74) is 1.72. The van der Waals surface area contributed by atoms with Crippen molar-refractivity contribution in [3.8, 4) is 0 Å². The van der Waals surface area contributed by atoms with Crippen LogP contribution in [0.5, 0.6) is 0 Å². The topological polar surface area (TPSA) is 12.0 Å². The molecule has 1 aliphatic rings. The minimum absolute atomic E-state index is 0.333. The molecule has 118 valence electrons. The fraction of sp³-hybridized carbons (Fsp3) is 0.684. The van der Waals surface area contributed by atoms with Crippen molar-refractivity contribution in [2.24, 2.45) is 11.3 Å². The third-order valence-electron chi connectivity index (χ3n) is 5.60. The molecule has 1 unspecified atom stereocenters. The van der Waals surface area contributed by atoms with E-state index in [0.29, 0.717) is 17.5 Å². The van der Waals surface area contributed by atoms with E-state index in [4.69, 9.17) is 11.6 Å². The lowest BCUT2D eigenvalue weighted by Gasteiger charge is -2.39. The second-order valence-electron chi connectivity index (χ2n) is 7.30.